The third kappa shape index (κ3) is 4.71. The van der Waals surface area contributed by atoms with Gasteiger partial charge in [0.15, 0.2) is 5.16 Å². The number of hydrogen-bond acceptors (Lipinski definition) is 4. The monoisotopic (exact) mass is 392 g/mol. The maximum atomic E-state index is 13.8. The molecule has 0 radical (unpaired) electrons. The summed E-state index contributed by atoms with van der Waals surface area (Å²) in [5.74, 6) is -0.114. The van der Waals surface area contributed by atoms with Crippen LogP contribution < -0.4 is 4.74 Å². The van der Waals surface area contributed by atoms with E-state index in [0.717, 1.165) is 17.5 Å². The molecule has 0 aliphatic heterocycles. The third-order valence-electron chi connectivity index (χ3n) is 3.54. The van der Waals surface area contributed by atoms with Crippen molar-refractivity contribution in [1.82, 2.24) is 9.97 Å². The highest BCUT2D eigenvalue weighted by Crippen LogP contribution is 2.27. The first kappa shape index (κ1) is 18.6. The van der Waals surface area contributed by atoms with Gasteiger partial charge in [-0.2, -0.15) is 4.98 Å². The van der Waals surface area contributed by atoms with E-state index in [4.69, 9.17) is 16.3 Å². The molecule has 0 aliphatic rings. The Balaban J connectivity index is 1.80. The van der Waals surface area contributed by atoms with Crippen molar-refractivity contribution in [3.63, 3.8) is 0 Å². The lowest BCUT2D eigenvalue weighted by molar-refractivity contribution is 0.454. The van der Waals surface area contributed by atoms with Crippen LogP contribution in [0, 0.1) is 11.6 Å². The molecule has 7 heteroatoms. The number of aryl methyl sites for hydroxylation is 1. The predicted molar refractivity (Wildman–Crippen MR) is 98.9 cm³/mol. The highest BCUT2D eigenvalue weighted by Gasteiger charge is 2.12. The summed E-state index contributed by atoms with van der Waals surface area (Å²) in [6.45, 7) is 1.96. The molecular formula is C19H15ClF2N2OS. The molecule has 0 unspecified atom stereocenters. The summed E-state index contributed by atoms with van der Waals surface area (Å²) in [6, 6.07) is 12.4. The number of aromatic nitrogens is 2. The molecule has 0 bridgehead atoms. The first-order chi connectivity index (χ1) is 12.5. The molecule has 26 heavy (non-hydrogen) atoms. The van der Waals surface area contributed by atoms with E-state index >= 15 is 0 Å². The second-order valence-electron chi connectivity index (χ2n) is 5.38. The standard InChI is InChI=1S/C19H15ClF2N2OS/c1-2-13-10-18(25-14-8-6-12(20)7-9-14)24-19(23-13)26-11-15-16(21)4-3-5-17(15)22/h3-10H,2,11H2,1H3. The molecule has 1 heterocycles. The Kier molecular flexibility index (Phi) is 6.06. The Labute approximate surface area is 159 Å². The Bertz CT molecular complexity index is 886. The van der Waals surface area contributed by atoms with Gasteiger partial charge in [-0.1, -0.05) is 36.4 Å². The molecule has 0 saturated carbocycles. The highest BCUT2D eigenvalue weighted by atomic mass is 35.5. The summed E-state index contributed by atoms with van der Waals surface area (Å²) in [4.78, 5) is 8.71. The minimum Gasteiger partial charge on any atom is -0.439 e. The van der Waals surface area contributed by atoms with Crippen LogP contribution in [0.1, 0.15) is 18.2 Å². The van der Waals surface area contributed by atoms with Crippen LogP contribution in [-0.2, 0) is 12.2 Å². The van der Waals surface area contributed by atoms with E-state index in [1.165, 1.54) is 18.2 Å². The predicted octanol–water partition coefficient (Wildman–Crippen LogP) is 6.06. The summed E-state index contributed by atoms with van der Waals surface area (Å²) in [7, 11) is 0. The summed E-state index contributed by atoms with van der Waals surface area (Å²) in [6.07, 6.45) is 0.682. The number of ether oxygens (including phenoxy) is 1. The molecule has 3 rings (SSSR count). The van der Waals surface area contributed by atoms with Crippen LogP contribution >= 0.6 is 23.4 Å². The van der Waals surface area contributed by atoms with Gasteiger partial charge in [0.2, 0.25) is 5.88 Å². The fraction of sp³-hybridized carbons (Fsp3) is 0.158. The number of hydrogen-bond donors (Lipinski definition) is 0. The molecule has 0 N–H and O–H groups in total. The maximum Gasteiger partial charge on any atom is 0.223 e. The summed E-state index contributed by atoms with van der Waals surface area (Å²) in [5.41, 5.74) is 0.781. The van der Waals surface area contributed by atoms with Crippen molar-refractivity contribution in [3.05, 3.63) is 76.4 Å². The largest absolute Gasteiger partial charge is 0.439 e. The SMILES string of the molecule is CCc1cc(Oc2ccc(Cl)cc2)nc(SCc2c(F)cccc2F)n1. The van der Waals surface area contributed by atoms with E-state index in [1.807, 2.05) is 6.92 Å². The fourth-order valence-corrected chi connectivity index (χ4v) is 3.19. The first-order valence-electron chi connectivity index (χ1n) is 7.92. The Morgan fingerprint density at radius 3 is 2.38 bits per heavy atom. The quantitative estimate of drug-likeness (QED) is 0.377. The normalized spacial score (nSPS) is 10.8. The second-order valence-corrected chi connectivity index (χ2v) is 6.76. The van der Waals surface area contributed by atoms with Crippen molar-refractivity contribution >= 4 is 23.4 Å². The van der Waals surface area contributed by atoms with Crippen molar-refractivity contribution in [1.29, 1.82) is 0 Å². The van der Waals surface area contributed by atoms with Crippen LogP contribution in [0.15, 0.2) is 53.7 Å². The maximum absolute atomic E-state index is 13.8. The van der Waals surface area contributed by atoms with Gasteiger partial charge in [-0.15, -0.1) is 0 Å². The molecule has 0 atom stereocenters. The third-order valence-corrected chi connectivity index (χ3v) is 4.67. The van der Waals surface area contributed by atoms with Gasteiger partial charge in [-0.3, -0.25) is 0 Å². The van der Waals surface area contributed by atoms with Crippen molar-refractivity contribution in [2.45, 2.75) is 24.3 Å². The molecule has 0 fully saturated rings. The fourth-order valence-electron chi connectivity index (χ4n) is 2.18. The molecular weight excluding hydrogens is 378 g/mol. The van der Waals surface area contributed by atoms with Crippen molar-refractivity contribution in [2.75, 3.05) is 0 Å². The number of halogens is 3. The minimum atomic E-state index is -0.582. The molecule has 0 spiro atoms. The van der Waals surface area contributed by atoms with E-state index in [9.17, 15) is 8.78 Å². The topological polar surface area (TPSA) is 35.0 Å². The van der Waals surface area contributed by atoms with Crippen molar-refractivity contribution in [2.24, 2.45) is 0 Å². The number of benzene rings is 2. The van der Waals surface area contributed by atoms with E-state index in [1.54, 1.807) is 30.3 Å². The van der Waals surface area contributed by atoms with E-state index in [2.05, 4.69) is 9.97 Å². The number of thioether (sulfide) groups is 1. The van der Waals surface area contributed by atoms with Gasteiger partial charge in [0.05, 0.1) is 0 Å². The average molecular weight is 393 g/mol. The summed E-state index contributed by atoms with van der Waals surface area (Å²) in [5, 5.41) is 1.01. The zero-order valence-electron chi connectivity index (χ0n) is 13.9. The lowest BCUT2D eigenvalue weighted by Gasteiger charge is -2.09. The Morgan fingerprint density at radius 2 is 1.73 bits per heavy atom. The van der Waals surface area contributed by atoms with Crippen LogP contribution in [-0.4, -0.2) is 9.97 Å². The van der Waals surface area contributed by atoms with Crippen LogP contribution in [0.4, 0.5) is 8.78 Å². The molecule has 0 aliphatic carbocycles. The summed E-state index contributed by atoms with van der Waals surface area (Å²) < 4.78 is 33.3. The van der Waals surface area contributed by atoms with E-state index < -0.39 is 11.6 Å². The van der Waals surface area contributed by atoms with Crippen LogP contribution in [0.25, 0.3) is 0 Å². The smallest absolute Gasteiger partial charge is 0.223 e. The highest BCUT2D eigenvalue weighted by molar-refractivity contribution is 7.98. The van der Waals surface area contributed by atoms with Crippen LogP contribution in [0.5, 0.6) is 11.6 Å². The van der Waals surface area contributed by atoms with Gasteiger partial charge < -0.3 is 4.74 Å². The van der Waals surface area contributed by atoms with E-state index in [0.29, 0.717) is 28.2 Å². The van der Waals surface area contributed by atoms with Gasteiger partial charge >= 0.3 is 0 Å². The average Bonchev–Trinajstić information content (AvgIpc) is 2.63. The molecule has 1 aromatic heterocycles. The molecule has 134 valence electrons. The van der Waals surface area contributed by atoms with Gasteiger partial charge in [-0.25, -0.2) is 13.8 Å². The van der Waals surface area contributed by atoms with E-state index in [-0.39, 0.29) is 11.3 Å². The molecule has 2 aromatic carbocycles. The van der Waals surface area contributed by atoms with Gasteiger partial charge in [0.1, 0.15) is 17.4 Å². The zero-order chi connectivity index (χ0) is 18.5. The van der Waals surface area contributed by atoms with Crippen LogP contribution in [0.3, 0.4) is 0 Å². The van der Waals surface area contributed by atoms with Gasteiger partial charge in [0.25, 0.3) is 0 Å². The van der Waals surface area contributed by atoms with Crippen molar-refractivity contribution < 1.29 is 13.5 Å². The molecule has 0 amide bonds. The molecule has 3 aromatic rings. The van der Waals surface area contributed by atoms with Crippen LogP contribution in [0.2, 0.25) is 5.02 Å². The lowest BCUT2D eigenvalue weighted by atomic mass is 10.2. The van der Waals surface area contributed by atoms with Gasteiger partial charge in [0, 0.05) is 28.1 Å². The first-order valence-corrected chi connectivity index (χ1v) is 9.28. The van der Waals surface area contributed by atoms with Gasteiger partial charge in [-0.05, 0) is 42.8 Å². The zero-order valence-corrected chi connectivity index (χ0v) is 15.5. The second kappa shape index (κ2) is 8.47. The Hall–Kier alpha value is -2.18. The van der Waals surface area contributed by atoms with Crippen molar-refractivity contribution in [3.8, 4) is 11.6 Å². The minimum absolute atomic E-state index is 0.00294. The number of rotatable bonds is 6. The Morgan fingerprint density at radius 1 is 1.04 bits per heavy atom. The molecule has 0 saturated heterocycles. The lowest BCUT2D eigenvalue weighted by Crippen LogP contribution is -1.99. The number of nitrogens with zero attached hydrogens (tertiary/aromatic N) is 2. The summed E-state index contributed by atoms with van der Waals surface area (Å²) >= 11 is 7.02. The molecule has 3 nitrogen and oxygen atoms in total.